The van der Waals surface area contributed by atoms with Crippen LogP contribution < -0.4 is 5.32 Å². The maximum atomic E-state index is 11.0. The molecule has 21 heavy (non-hydrogen) atoms. The lowest BCUT2D eigenvalue weighted by atomic mass is 9.93. The number of aryl methyl sites for hydroxylation is 1. The molecule has 0 saturated carbocycles. The first-order chi connectivity index (χ1) is 10.2. The van der Waals surface area contributed by atoms with Gasteiger partial charge in [-0.1, -0.05) is 18.2 Å². The number of hydrogen-bond acceptors (Lipinski definition) is 4. The Morgan fingerprint density at radius 3 is 3.10 bits per heavy atom. The van der Waals surface area contributed by atoms with Crippen molar-refractivity contribution >= 4 is 5.69 Å². The Labute approximate surface area is 122 Å². The minimum Gasteiger partial charge on any atom is -0.305 e. The Morgan fingerprint density at radius 1 is 1.48 bits per heavy atom. The molecule has 1 unspecified atom stereocenters. The average molecular weight is 286 g/mol. The van der Waals surface area contributed by atoms with Crippen molar-refractivity contribution in [3.63, 3.8) is 0 Å². The standard InChI is InChI=1S/C15H18N4O2/c1-18-15-8-4-6-13(12(15)10-17-18)16-9-11-5-2-3-7-14(11)19(20)21/h2-3,5,7,10,13,16H,4,6,8-9H2,1H3. The van der Waals surface area contributed by atoms with Gasteiger partial charge in [-0.2, -0.15) is 5.10 Å². The van der Waals surface area contributed by atoms with Gasteiger partial charge in [0.25, 0.3) is 5.69 Å². The molecule has 1 aromatic carbocycles. The largest absolute Gasteiger partial charge is 0.305 e. The summed E-state index contributed by atoms with van der Waals surface area (Å²) in [4.78, 5) is 10.7. The van der Waals surface area contributed by atoms with Gasteiger partial charge in [-0.25, -0.2) is 0 Å². The highest BCUT2D eigenvalue weighted by Crippen LogP contribution is 2.30. The van der Waals surface area contributed by atoms with E-state index in [1.54, 1.807) is 18.2 Å². The number of rotatable bonds is 4. The fourth-order valence-electron chi connectivity index (χ4n) is 2.99. The fourth-order valence-corrected chi connectivity index (χ4v) is 2.99. The highest BCUT2D eigenvalue weighted by atomic mass is 16.6. The summed E-state index contributed by atoms with van der Waals surface area (Å²) in [5.41, 5.74) is 3.38. The van der Waals surface area contributed by atoms with Crippen molar-refractivity contribution in [2.24, 2.45) is 7.05 Å². The highest BCUT2D eigenvalue weighted by Gasteiger charge is 2.23. The van der Waals surface area contributed by atoms with Gasteiger partial charge in [0.1, 0.15) is 0 Å². The Hall–Kier alpha value is -2.21. The molecule has 6 nitrogen and oxygen atoms in total. The van der Waals surface area contributed by atoms with Crippen LogP contribution in [-0.4, -0.2) is 14.7 Å². The van der Waals surface area contributed by atoms with Crippen molar-refractivity contribution in [2.45, 2.75) is 31.8 Å². The first kappa shape index (κ1) is 13.8. The summed E-state index contributed by atoms with van der Waals surface area (Å²) in [6.45, 7) is 0.496. The van der Waals surface area contributed by atoms with Gasteiger partial charge < -0.3 is 5.32 Å². The van der Waals surface area contributed by atoms with Crippen LogP contribution in [-0.2, 0) is 20.0 Å². The quantitative estimate of drug-likeness (QED) is 0.692. The molecule has 3 rings (SSSR count). The summed E-state index contributed by atoms with van der Waals surface area (Å²) in [6, 6.07) is 7.11. The van der Waals surface area contributed by atoms with E-state index in [1.165, 1.54) is 11.3 Å². The lowest BCUT2D eigenvalue weighted by Crippen LogP contribution is -2.25. The number of nitro groups is 1. The molecule has 0 saturated heterocycles. The van der Waals surface area contributed by atoms with Crippen LogP contribution >= 0.6 is 0 Å². The molecular formula is C15H18N4O2. The zero-order valence-corrected chi connectivity index (χ0v) is 12.0. The van der Waals surface area contributed by atoms with Crippen molar-refractivity contribution in [3.8, 4) is 0 Å². The van der Waals surface area contributed by atoms with E-state index >= 15 is 0 Å². The second kappa shape index (κ2) is 5.65. The minimum absolute atomic E-state index is 0.173. The van der Waals surface area contributed by atoms with Crippen molar-refractivity contribution in [1.82, 2.24) is 15.1 Å². The third-order valence-corrected chi connectivity index (χ3v) is 4.10. The summed E-state index contributed by atoms with van der Waals surface area (Å²) < 4.78 is 1.92. The molecule has 2 aromatic rings. The summed E-state index contributed by atoms with van der Waals surface area (Å²) >= 11 is 0. The lowest BCUT2D eigenvalue weighted by molar-refractivity contribution is -0.385. The van der Waals surface area contributed by atoms with Crippen LogP contribution in [0.4, 0.5) is 5.69 Å². The molecule has 1 aromatic heterocycles. The molecule has 0 aliphatic heterocycles. The Kier molecular flexibility index (Phi) is 3.70. The van der Waals surface area contributed by atoms with Gasteiger partial charge in [-0.05, 0) is 19.3 Å². The zero-order chi connectivity index (χ0) is 14.8. The van der Waals surface area contributed by atoms with Gasteiger partial charge in [0.2, 0.25) is 0 Å². The van der Waals surface area contributed by atoms with E-state index in [0.29, 0.717) is 6.54 Å². The summed E-state index contributed by atoms with van der Waals surface area (Å²) in [5, 5.41) is 18.8. The van der Waals surface area contributed by atoms with Crippen molar-refractivity contribution in [3.05, 3.63) is 57.4 Å². The Balaban J connectivity index is 1.76. The van der Waals surface area contributed by atoms with Crippen LogP contribution in [0.2, 0.25) is 0 Å². The number of para-hydroxylation sites is 1. The first-order valence-electron chi connectivity index (χ1n) is 7.13. The molecule has 0 fully saturated rings. The van der Waals surface area contributed by atoms with E-state index in [-0.39, 0.29) is 16.7 Å². The van der Waals surface area contributed by atoms with Crippen LogP contribution in [0.5, 0.6) is 0 Å². The van der Waals surface area contributed by atoms with Crippen LogP contribution in [0, 0.1) is 10.1 Å². The van der Waals surface area contributed by atoms with Gasteiger partial charge in [0, 0.05) is 42.5 Å². The van der Waals surface area contributed by atoms with E-state index < -0.39 is 0 Å². The number of nitro benzene ring substituents is 1. The highest BCUT2D eigenvalue weighted by molar-refractivity contribution is 5.39. The molecule has 1 heterocycles. The normalized spacial score (nSPS) is 17.5. The van der Waals surface area contributed by atoms with Crippen molar-refractivity contribution < 1.29 is 4.92 Å². The summed E-state index contributed by atoms with van der Waals surface area (Å²) in [6.07, 6.45) is 5.11. The molecule has 0 bridgehead atoms. The van der Waals surface area contributed by atoms with E-state index in [4.69, 9.17) is 0 Å². The molecule has 6 heteroatoms. The zero-order valence-electron chi connectivity index (χ0n) is 12.0. The predicted molar refractivity (Wildman–Crippen MR) is 78.8 cm³/mol. The number of hydrogen-bond donors (Lipinski definition) is 1. The van der Waals surface area contributed by atoms with Crippen LogP contribution in [0.1, 0.15) is 35.7 Å². The molecule has 0 amide bonds. The molecule has 110 valence electrons. The molecule has 1 aliphatic carbocycles. The Bertz CT molecular complexity index is 665. The third-order valence-electron chi connectivity index (χ3n) is 4.10. The number of benzene rings is 1. The van der Waals surface area contributed by atoms with Gasteiger partial charge >= 0.3 is 0 Å². The Morgan fingerprint density at radius 2 is 2.29 bits per heavy atom. The lowest BCUT2D eigenvalue weighted by Gasteiger charge is -2.23. The van der Waals surface area contributed by atoms with E-state index in [0.717, 1.165) is 24.8 Å². The van der Waals surface area contributed by atoms with E-state index in [1.807, 2.05) is 24.0 Å². The fraction of sp³-hybridized carbons (Fsp3) is 0.400. The number of nitrogens with one attached hydrogen (secondary N) is 1. The van der Waals surface area contributed by atoms with Crippen molar-refractivity contribution in [2.75, 3.05) is 0 Å². The van der Waals surface area contributed by atoms with E-state index in [2.05, 4.69) is 10.4 Å². The van der Waals surface area contributed by atoms with Crippen LogP contribution in [0.3, 0.4) is 0 Å². The van der Waals surface area contributed by atoms with Gasteiger partial charge in [0.15, 0.2) is 0 Å². The number of aromatic nitrogens is 2. The van der Waals surface area contributed by atoms with Gasteiger partial charge in [0.05, 0.1) is 11.1 Å². The molecular weight excluding hydrogens is 268 g/mol. The van der Waals surface area contributed by atoms with Crippen molar-refractivity contribution in [1.29, 1.82) is 0 Å². The number of nitrogens with zero attached hydrogens (tertiary/aromatic N) is 3. The smallest absolute Gasteiger partial charge is 0.273 e. The van der Waals surface area contributed by atoms with Crippen LogP contribution in [0.25, 0.3) is 0 Å². The molecule has 1 atom stereocenters. The molecule has 0 radical (unpaired) electrons. The molecule has 1 aliphatic rings. The SMILES string of the molecule is Cn1ncc2c1CCCC2NCc1ccccc1[N+](=O)[O-]. The maximum absolute atomic E-state index is 11.0. The van der Waals surface area contributed by atoms with Gasteiger partial charge in [-0.15, -0.1) is 0 Å². The van der Waals surface area contributed by atoms with E-state index in [9.17, 15) is 10.1 Å². The second-order valence-electron chi connectivity index (χ2n) is 5.38. The van der Waals surface area contributed by atoms with Gasteiger partial charge in [-0.3, -0.25) is 14.8 Å². The molecule has 0 spiro atoms. The third kappa shape index (κ3) is 2.67. The van der Waals surface area contributed by atoms with Crippen LogP contribution in [0.15, 0.2) is 30.5 Å². The summed E-state index contributed by atoms with van der Waals surface area (Å²) in [7, 11) is 1.96. The number of fused-ring (bicyclic) bond motifs is 1. The summed E-state index contributed by atoms with van der Waals surface area (Å²) in [5.74, 6) is 0. The topological polar surface area (TPSA) is 73.0 Å². The maximum Gasteiger partial charge on any atom is 0.273 e. The first-order valence-corrected chi connectivity index (χ1v) is 7.13. The molecule has 1 N–H and O–H groups in total. The average Bonchev–Trinajstić information content (AvgIpc) is 2.87. The minimum atomic E-state index is -0.326. The monoisotopic (exact) mass is 286 g/mol. The predicted octanol–water partition coefficient (Wildman–Crippen LogP) is 2.50. The second-order valence-corrected chi connectivity index (χ2v) is 5.38.